The highest BCUT2D eigenvalue weighted by atomic mass is 16.3. The maximum Gasteiger partial charge on any atom is 0.220 e. The second-order valence-corrected chi connectivity index (χ2v) is 5.61. The normalized spacial score (nSPS) is 17.1. The van der Waals surface area contributed by atoms with Crippen molar-refractivity contribution in [2.24, 2.45) is 7.05 Å². The summed E-state index contributed by atoms with van der Waals surface area (Å²) in [5.74, 6) is 0.0244. The average Bonchev–Trinajstić information content (AvgIpc) is 2.56. The molecule has 0 atom stereocenters. The summed E-state index contributed by atoms with van der Waals surface area (Å²) in [6, 6.07) is 0. The Morgan fingerprint density at radius 3 is 2.58 bits per heavy atom. The molecule has 2 rings (SSSR count). The standard InChI is InChI=1S/C14H23N3O2/c1-10-12(11(2)17(3)16-10)5-6-13(19)15-14(9-18)7-4-8-14/h18H,4-9H2,1-3H3,(H,15,19). The van der Waals surface area contributed by atoms with Gasteiger partial charge in [0.05, 0.1) is 17.8 Å². The van der Waals surface area contributed by atoms with Gasteiger partial charge in [-0.1, -0.05) is 0 Å². The van der Waals surface area contributed by atoms with Crippen LogP contribution in [0.5, 0.6) is 0 Å². The molecule has 1 aliphatic carbocycles. The van der Waals surface area contributed by atoms with Crippen LogP contribution in [0.3, 0.4) is 0 Å². The number of carbonyl (C=O) groups is 1. The van der Waals surface area contributed by atoms with Crippen molar-refractivity contribution in [1.82, 2.24) is 15.1 Å². The molecule has 19 heavy (non-hydrogen) atoms. The number of rotatable bonds is 5. The Kier molecular flexibility index (Phi) is 3.94. The molecule has 0 aromatic carbocycles. The van der Waals surface area contributed by atoms with Crippen LogP contribution >= 0.6 is 0 Å². The predicted molar refractivity (Wildman–Crippen MR) is 72.8 cm³/mol. The monoisotopic (exact) mass is 265 g/mol. The second-order valence-electron chi connectivity index (χ2n) is 5.61. The number of aryl methyl sites for hydroxylation is 2. The molecule has 2 N–H and O–H groups in total. The first-order chi connectivity index (χ1) is 8.97. The van der Waals surface area contributed by atoms with Crippen LogP contribution in [-0.4, -0.2) is 32.9 Å². The van der Waals surface area contributed by atoms with Crippen molar-refractivity contribution in [3.8, 4) is 0 Å². The van der Waals surface area contributed by atoms with Gasteiger partial charge in [-0.2, -0.15) is 5.10 Å². The number of hydrogen-bond acceptors (Lipinski definition) is 3. The highest BCUT2D eigenvalue weighted by Crippen LogP contribution is 2.31. The quantitative estimate of drug-likeness (QED) is 0.834. The van der Waals surface area contributed by atoms with E-state index in [0.717, 1.165) is 36.2 Å². The Hall–Kier alpha value is -1.36. The molecule has 1 amide bonds. The molecule has 1 saturated carbocycles. The molecule has 106 valence electrons. The summed E-state index contributed by atoms with van der Waals surface area (Å²) < 4.78 is 1.85. The third kappa shape index (κ3) is 2.81. The number of amides is 1. The van der Waals surface area contributed by atoms with Crippen LogP contribution in [0.4, 0.5) is 0 Å². The van der Waals surface area contributed by atoms with Crippen molar-refractivity contribution in [1.29, 1.82) is 0 Å². The number of hydrogen-bond donors (Lipinski definition) is 2. The number of nitrogens with one attached hydrogen (secondary N) is 1. The Balaban J connectivity index is 1.90. The first kappa shape index (κ1) is 14.1. The van der Waals surface area contributed by atoms with E-state index in [-0.39, 0.29) is 18.1 Å². The maximum absolute atomic E-state index is 12.0. The SMILES string of the molecule is Cc1nn(C)c(C)c1CCC(=O)NC1(CO)CCC1. The van der Waals surface area contributed by atoms with Crippen LogP contribution in [-0.2, 0) is 18.3 Å². The summed E-state index contributed by atoms with van der Waals surface area (Å²) in [6.45, 7) is 4.04. The lowest BCUT2D eigenvalue weighted by molar-refractivity contribution is -0.125. The largest absolute Gasteiger partial charge is 0.394 e. The van der Waals surface area contributed by atoms with Crippen LogP contribution in [0.1, 0.15) is 42.6 Å². The third-order valence-corrected chi connectivity index (χ3v) is 4.28. The molecule has 5 heteroatoms. The van der Waals surface area contributed by atoms with Gasteiger partial charge in [-0.05, 0) is 45.1 Å². The van der Waals surface area contributed by atoms with Crippen molar-refractivity contribution in [2.75, 3.05) is 6.61 Å². The maximum atomic E-state index is 12.0. The van der Waals surface area contributed by atoms with Crippen molar-refractivity contribution in [3.63, 3.8) is 0 Å². The molecule has 1 heterocycles. The van der Waals surface area contributed by atoms with E-state index in [2.05, 4.69) is 10.4 Å². The Morgan fingerprint density at radius 2 is 2.16 bits per heavy atom. The van der Waals surface area contributed by atoms with Gasteiger partial charge in [0.15, 0.2) is 0 Å². The first-order valence-corrected chi connectivity index (χ1v) is 6.88. The summed E-state index contributed by atoms with van der Waals surface area (Å²) in [5.41, 5.74) is 2.93. The minimum absolute atomic E-state index is 0.0244. The third-order valence-electron chi connectivity index (χ3n) is 4.28. The molecule has 5 nitrogen and oxygen atoms in total. The van der Waals surface area contributed by atoms with Gasteiger partial charge in [-0.3, -0.25) is 9.48 Å². The molecule has 1 aliphatic rings. The van der Waals surface area contributed by atoms with Gasteiger partial charge in [0.2, 0.25) is 5.91 Å². The summed E-state index contributed by atoms with van der Waals surface area (Å²) >= 11 is 0. The molecule has 0 spiro atoms. The summed E-state index contributed by atoms with van der Waals surface area (Å²) in [4.78, 5) is 12.0. The highest BCUT2D eigenvalue weighted by molar-refractivity contribution is 5.77. The smallest absolute Gasteiger partial charge is 0.220 e. The minimum atomic E-state index is -0.337. The van der Waals surface area contributed by atoms with E-state index in [9.17, 15) is 9.90 Å². The fourth-order valence-electron chi connectivity index (χ4n) is 2.70. The molecular weight excluding hydrogens is 242 g/mol. The molecule has 1 aromatic heterocycles. The zero-order valence-corrected chi connectivity index (χ0v) is 12.0. The van der Waals surface area contributed by atoms with Crippen molar-refractivity contribution in [3.05, 3.63) is 17.0 Å². The van der Waals surface area contributed by atoms with Crippen molar-refractivity contribution < 1.29 is 9.90 Å². The van der Waals surface area contributed by atoms with Crippen LogP contribution in [0, 0.1) is 13.8 Å². The fraction of sp³-hybridized carbons (Fsp3) is 0.714. The minimum Gasteiger partial charge on any atom is -0.394 e. The zero-order chi connectivity index (χ0) is 14.0. The van der Waals surface area contributed by atoms with Gasteiger partial charge in [0.1, 0.15) is 0 Å². The van der Waals surface area contributed by atoms with E-state index in [1.165, 1.54) is 0 Å². The Morgan fingerprint density at radius 1 is 1.47 bits per heavy atom. The van der Waals surface area contributed by atoms with Gasteiger partial charge in [-0.25, -0.2) is 0 Å². The van der Waals surface area contributed by atoms with Gasteiger partial charge in [0, 0.05) is 19.2 Å². The lowest BCUT2D eigenvalue weighted by Crippen LogP contribution is -2.56. The number of aliphatic hydroxyl groups is 1. The zero-order valence-electron chi connectivity index (χ0n) is 12.0. The van der Waals surface area contributed by atoms with E-state index < -0.39 is 0 Å². The summed E-state index contributed by atoms with van der Waals surface area (Å²) in [6.07, 6.45) is 4.02. The summed E-state index contributed by atoms with van der Waals surface area (Å²) in [5, 5.41) is 16.7. The second kappa shape index (κ2) is 5.33. The van der Waals surface area contributed by atoms with Gasteiger partial charge < -0.3 is 10.4 Å². The fourth-order valence-corrected chi connectivity index (χ4v) is 2.70. The molecule has 0 saturated heterocycles. The number of aromatic nitrogens is 2. The molecule has 0 unspecified atom stereocenters. The molecule has 0 bridgehead atoms. The topological polar surface area (TPSA) is 67.2 Å². The van der Waals surface area contributed by atoms with E-state index in [0.29, 0.717) is 12.8 Å². The Labute approximate surface area is 114 Å². The lowest BCUT2D eigenvalue weighted by atomic mass is 9.77. The molecule has 0 aliphatic heterocycles. The first-order valence-electron chi connectivity index (χ1n) is 6.88. The molecular formula is C14H23N3O2. The van der Waals surface area contributed by atoms with Crippen LogP contribution < -0.4 is 5.32 Å². The summed E-state index contributed by atoms with van der Waals surface area (Å²) in [7, 11) is 1.92. The molecule has 1 aromatic rings. The van der Waals surface area contributed by atoms with Crippen LogP contribution in [0.25, 0.3) is 0 Å². The Bertz CT molecular complexity index is 470. The van der Waals surface area contributed by atoms with Gasteiger partial charge in [0.25, 0.3) is 0 Å². The number of aliphatic hydroxyl groups excluding tert-OH is 1. The van der Waals surface area contributed by atoms with Crippen LogP contribution in [0.15, 0.2) is 0 Å². The number of carbonyl (C=O) groups excluding carboxylic acids is 1. The van der Waals surface area contributed by atoms with Crippen molar-refractivity contribution in [2.45, 2.75) is 51.5 Å². The average molecular weight is 265 g/mol. The van der Waals surface area contributed by atoms with E-state index in [1.807, 2.05) is 25.6 Å². The van der Waals surface area contributed by atoms with Crippen molar-refractivity contribution >= 4 is 5.91 Å². The van der Waals surface area contributed by atoms with E-state index >= 15 is 0 Å². The molecule has 0 radical (unpaired) electrons. The lowest BCUT2D eigenvalue weighted by Gasteiger charge is -2.41. The van der Waals surface area contributed by atoms with Crippen LogP contribution in [0.2, 0.25) is 0 Å². The number of nitrogens with zero attached hydrogens (tertiary/aromatic N) is 2. The predicted octanol–water partition coefficient (Wildman–Crippen LogP) is 1.00. The van der Waals surface area contributed by atoms with Gasteiger partial charge in [-0.15, -0.1) is 0 Å². The molecule has 1 fully saturated rings. The van der Waals surface area contributed by atoms with Gasteiger partial charge >= 0.3 is 0 Å². The van der Waals surface area contributed by atoms with E-state index in [1.54, 1.807) is 0 Å². The van der Waals surface area contributed by atoms with E-state index in [4.69, 9.17) is 0 Å². The highest BCUT2D eigenvalue weighted by Gasteiger charge is 2.37.